The molecule has 1 heterocycles. The topological polar surface area (TPSA) is 68.3 Å². The highest BCUT2D eigenvalue weighted by Crippen LogP contribution is 2.11. The standard InChI is InChI=1S/C13H22N2O2/c1-4-10-5-6-12(17-10)13(16)15-11(7-8-14)9(2)3/h5-6,9,11H,4,7-8,14H2,1-3H3,(H,15,16). The molecule has 1 amide bonds. The molecule has 1 aromatic rings. The van der Waals surface area contributed by atoms with Crippen LogP contribution in [-0.4, -0.2) is 18.5 Å². The molecule has 0 spiro atoms. The highest BCUT2D eigenvalue weighted by atomic mass is 16.3. The molecule has 1 atom stereocenters. The Balaban J connectivity index is 2.63. The lowest BCUT2D eigenvalue weighted by Crippen LogP contribution is -2.39. The maximum atomic E-state index is 11.9. The van der Waals surface area contributed by atoms with E-state index >= 15 is 0 Å². The van der Waals surface area contributed by atoms with Crippen molar-refractivity contribution >= 4 is 5.91 Å². The first kappa shape index (κ1) is 13.8. The monoisotopic (exact) mass is 238 g/mol. The Labute approximate surface area is 103 Å². The van der Waals surface area contributed by atoms with Gasteiger partial charge in [0.2, 0.25) is 0 Å². The number of carbonyl (C=O) groups excluding carboxylic acids is 1. The summed E-state index contributed by atoms with van der Waals surface area (Å²) in [5.74, 6) is 1.42. The van der Waals surface area contributed by atoms with Crippen molar-refractivity contribution in [1.82, 2.24) is 5.32 Å². The number of hydrogen-bond acceptors (Lipinski definition) is 3. The smallest absolute Gasteiger partial charge is 0.287 e. The van der Waals surface area contributed by atoms with Gasteiger partial charge in [-0.3, -0.25) is 4.79 Å². The fourth-order valence-electron chi connectivity index (χ4n) is 1.68. The molecule has 0 saturated carbocycles. The van der Waals surface area contributed by atoms with Gasteiger partial charge in [0.15, 0.2) is 5.76 Å². The average Bonchev–Trinajstić information content (AvgIpc) is 2.76. The number of aryl methyl sites for hydroxylation is 1. The molecule has 0 fully saturated rings. The van der Waals surface area contributed by atoms with Gasteiger partial charge in [0, 0.05) is 12.5 Å². The molecule has 0 aliphatic rings. The molecule has 1 aromatic heterocycles. The summed E-state index contributed by atoms with van der Waals surface area (Å²) in [6.45, 7) is 6.70. The molecule has 0 saturated heterocycles. The van der Waals surface area contributed by atoms with Crippen molar-refractivity contribution in [1.29, 1.82) is 0 Å². The third kappa shape index (κ3) is 3.89. The largest absolute Gasteiger partial charge is 0.456 e. The molecular weight excluding hydrogens is 216 g/mol. The molecule has 96 valence electrons. The summed E-state index contributed by atoms with van der Waals surface area (Å²) < 4.78 is 5.41. The molecule has 3 N–H and O–H groups in total. The average molecular weight is 238 g/mol. The Morgan fingerprint density at radius 2 is 2.18 bits per heavy atom. The second-order valence-corrected chi connectivity index (χ2v) is 4.52. The Morgan fingerprint density at radius 1 is 1.47 bits per heavy atom. The second kappa shape index (κ2) is 6.45. The summed E-state index contributed by atoms with van der Waals surface area (Å²) in [7, 11) is 0. The van der Waals surface area contributed by atoms with E-state index in [1.165, 1.54) is 0 Å². The molecule has 17 heavy (non-hydrogen) atoms. The van der Waals surface area contributed by atoms with E-state index < -0.39 is 0 Å². The van der Waals surface area contributed by atoms with E-state index in [2.05, 4.69) is 19.2 Å². The Kier molecular flexibility index (Phi) is 5.22. The van der Waals surface area contributed by atoms with Gasteiger partial charge in [0.25, 0.3) is 5.91 Å². The van der Waals surface area contributed by atoms with Crippen molar-refractivity contribution in [3.05, 3.63) is 23.7 Å². The van der Waals surface area contributed by atoms with E-state index in [9.17, 15) is 4.79 Å². The molecule has 1 rings (SSSR count). The lowest BCUT2D eigenvalue weighted by atomic mass is 10.0. The van der Waals surface area contributed by atoms with Crippen LogP contribution in [-0.2, 0) is 6.42 Å². The van der Waals surface area contributed by atoms with Crippen molar-refractivity contribution in [2.24, 2.45) is 11.7 Å². The van der Waals surface area contributed by atoms with Crippen LogP contribution in [0, 0.1) is 5.92 Å². The minimum Gasteiger partial charge on any atom is -0.456 e. The van der Waals surface area contributed by atoms with Crippen LogP contribution < -0.4 is 11.1 Å². The van der Waals surface area contributed by atoms with Gasteiger partial charge >= 0.3 is 0 Å². The molecule has 4 nitrogen and oxygen atoms in total. The van der Waals surface area contributed by atoms with Crippen molar-refractivity contribution in [2.45, 2.75) is 39.7 Å². The minimum absolute atomic E-state index is 0.0997. The first-order valence-corrected chi connectivity index (χ1v) is 6.18. The first-order valence-electron chi connectivity index (χ1n) is 6.18. The van der Waals surface area contributed by atoms with Crippen LogP contribution in [0.4, 0.5) is 0 Å². The summed E-state index contributed by atoms with van der Waals surface area (Å²) >= 11 is 0. The van der Waals surface area contributed by atoms with Crippen LogP contribution in [0.2, 0.25) is 0 Å². The van der Waals surface area contributed by atoms with Gasteiger partial charge in [0.05, 0.1) is 0 Å². The van der Waals surface area contributed by atoms with Crippen molar-refractivity contribution in [3.63, 3.8) is 0 Å². The SMILES string of the molecule is CCc1ccc(C(=O)NC(CCN)C(C)C)o1. The zero-order valence-electron chi connectivity index (χ0n) is 10.8. The predicted octanol–water partition coefficient (Wildman–Crippen LogP) is 1.95. The van der Waals surface area contributed by atoms with E-state index in [1.807, 2.05) is 13.0 Å². The molecule has 0 aliphatic carbocycles. The van der Waals surface area contributed by atoms with Gasteiger partial charge in [-0.25, -0.2) is 0 Å². The summed E-state index contributed by atoms with van der Waals surface area (Å²) in [4.78, 5) is 11.9. The van der Waals surface area contributed by atoms with Crippen LogP contribution in [0.1, 0.15) is 43.5 Å². The van der Waals surface area contributed by atoms with Gasteiger partial charge in [-0.05, 0) is 31.0 Å². The normalized spacial score (nSPS) is 12.8. The Hall–Kier alpha value is -1.29. The van der Waals surface area contributed by atoms with Gasteiger partial charge in [-0.2, -0.15) is 0 Å². The number of rotatable bonds is 6. The molecule has 1 unspecified atom stereocenters. The maximum Gasteiger partial charge on any atom is 0.287 e. The molecule has 4 heteroatoms. The van der Waals surface area contributed by atoms with Crippen LogP contribution in [0.15, 0.2) is 16.5 Å². The zero-order valence-corrected chi connectivity index (χ0v) is 10.8. The first-order chi connectivity index (χ1) is 8.08. The van der Waals surface area contributed by atoms with E-state index in [4.69, 9.17) is 10.2 Å². The lowest BCUT2D eigenvalue weighted by Gasteiger charge is -2.21. The fraction of sp³-hybridized carbons (Fsp3) is 0.615. The third-order valence-electron chi connectivity index (χ3n) is 2.83. The number of furan rings is 1. The summed E-state index contributed by atoms with van der Waals surface area (Å²) in [6, 6.07) is 3.65. The van der Waals surface area contributed by atoms with Crippen LogP contribution in [0.5, 0.6) is 0 Å². The number of nitrogens with two attached hydrogens (primary N) is 1. The fourth-order valence-corrected chi connectivity index (χ4v) is 1.68. The van der Waals surface area contributed by atoms with E-state index in [1.54, 1.807) is 6.07 Å². The summed E-state index contributed by atoms with van der Waals surface area (Å²) in [5, 5.41) is 2.96. The van der Waals surface area contributed by atoms with Crippen LogP contribution in [0.25, 0.3) is 0 Å². The van der Waals surface area contributed by atoms with Crippen molar-refractivity contribution in [2.75, 3.05) is 6.54 Å². The molecule has 0 bridgehead atoms. The van der Waals surface area contributed by atoms with Crippen molar-refractivity contribution < 1.29 is 9.21 Å². The molecule has 0 radical (unpaired) electrons. The Bertz CT molecular complexity index is 358. The highest BCUT2D eigenvalue weighted by molar-refractivity contribution is 5.91. The van der Waals surface area contributed by atoms with Gasteiger partial charge in [-0.1, -0.05) is 20.8 Å². The van der Waals surface area contributed by atoms with Crippen LogP contribution in [0.3, 0.4) is 0 Å². The number of carbonyl (C=O) groups is 1. The van der Waals surface area contributed by atoms with Gasteiger partial charge in [0.1, 0.15) is 5.76 Å². The Morgan fingerprint density at radius 3 is 2.65 bits per heavy atom. The second-order valence-electron chi connectivity index (χ2n) is 4.52. The molecule has 0 aliphatic heterocycles. The number of amides is 1. The van der Waals surface area contributed by atoms with E-state index in [-0.39, 0.29) is 11.9 Å². The van der Waals surface area contributed by atoms with Gasteiger partial charge in [-0.15, -0.1) is 0 Å². The lowest BCUT2D eigenvalue weighted by molar-refractivity contribution is 0.0894. The van der Waals surface area contributed by atoms with E-state index in [0.717, 1.165) is 18.6 Å². The quantitative estimate of drug-likeness (QED) is 0.796. The minimum atomic E-state index is -0.156. The van der Waals surface area contributed by atoms with E-state index in [0.29, 0.717) is 18.2 Å². The number of nitrogens with one attached hydrogen (secondary N) is 1. The number of hydrogen-bond donors (Lipinski definition) is 2. The molecular formula is C13H22N2O2. The van der Waals surface area contributed by atoms with Gasteiger partial charge < -0.3 is 15.5 Å². The predicted molar refractivity (Wildman–Crippen MR) is 67.8 cm³/mol. The molecule has 0 aromatic carbocycles. The third-order valence-corrected chi connectivity index (χ3v) is 2.83. The summed E-state index contributed by atoms with van der Waals surface area (Å²) in [5.41, 5.74) is 5.53. The summed E-state index contributed by atoms with van der Waals surface area (Å²) in [6.07, 6.45) is 1.58. The maximum absolute atomic E-state index is 11.9. The van der Waals surface area contributed by atoms with Crippen molar-refractivity contribution in [3.8, 4) is 0 Å². The van der Waals surface area contributed by atoms with Crippen LogP contribution >= 0.6 is 0 Å². The highest BCUT2D eigenvalue weighted by Gasteiger charge is 2.18. The zero-order chi connectivity index (χ0) is 12.8.